The molecular weight excluding hydrogens is 208 g/mol. The topological polar surface area (TPSA) is 20.2 Å². The summed E-state index contributed by atoms with van der Waals surface area (Å²) in [5, 5.41) is 10.6. The molecule has 0 saturated heterocycles. The number of allylic oxidation sites excluding steroid dienone is 2. The summed E-state index contributed by atoms with van der Waals surface area (Å²) in [6.45, 7) is 0. The van der Waals surface area contributed by atoms with Crippen molar-refractivity contribution in [1.29, 1.82) is 0 Å². The van der Waals surface area contributed by atoms with Gasteiger partial charge in [0, 0.05) is 0 Å². The molecule has 0 spiro atoms. The third-order valence-corrected chi connectivity index (χ3v) is 5.98. The fraction of sp³-hybridized carbons (Fsp3) is 0.875. The fourth-order valence-electron chi connectivity index (χ4n) is 4.68. The molecule has 3 saturated carbocycles. The van der Waals surface area contributed by atoms with E-state index in [0.29, 0.717) is 11.8 Å². The summed E-state index contributed by atoms with van der Waals surface area (Å²) < 4.78 is 0. The van der Waals surface area contributed by atoms with Gasteiger partial charge in [0.05, 0.1) is 6.10 Å². The second-order valence-electron chi connectivity index (χ2n) is 7.06. The van der Waals surface area contributed by atoms with Gasteiger partial charge in [-0.1, -0.05) is 18.6 Å². The molecule has 7 atom stereocenters. The summed E-state index contributed by atoms with van der Waals surface area (Å²) in [6.07, 6.45) is 14.4. The van der Waals surface area contributed by atoms with E-state index in [0.717, 1.165) is 23.7 Å². The Bertz CT molecular complexity index is 334. The first kappa shape index (κ1) is 10.6. The molecule has 4 rings (SSSR count). The maximum absolute atomic E-state index is 10.6. The highest BCUT2D eigenvalue weighted by Crippen LogP contribution is 2.56. The molecule has 0 aromatic heterocycles. The molecule has 1 N–H and O–H groups in total. The lowest BCUT2D eigenvalue weighted by molar-refractivity contribution is 0.0614. The molecule has 94 valence electrons. The van der Waals surface area contributed by atoms with Crippen LogP contribution >= 0.6 is 0 Å². The first-order chi connectivity index (χ1) is 8.33. The van der Waals surface area contributed by atoms with Crippen LogP contribution in [0.15, 0.2) is 12.2 Å². The van der Waals surface area contributed by atoms with Crippen LogP contribution in [0, 0.1) is 35.5 Å². The van der Waals surface area contributed by atoms with E-state index in [1.807, 2.05) is 0 Å². The van der Waals surface area contributed by atoms with Crippen LogP contribution in [-0.4, -0.2) is 11.2 Å². The molecular formula is C16H24O. The van der Waals surface area contributed by atoms with E-state index < -0.39 is 0 Å². The van der Waals surface area contributed by atoms with Gasteiger partial charge in [-0.05, 0) is 74.0 Å². The van der Waals surface area contributed by atoms with E-state index >= 15 is 0 Å². The lowest BCUT2D eigenvalue weighted by Crippen LogP contribution is -2.26. The van der Waals surface area contributed by atoms with E-state index in [2.05, 4.69) is 12.2 Å². The Kier molecular flexibility index (Phi) is 2.40. The van der Waals surface area contributed by atoms with Crippen LogP contribution in [0.5, 0.6) is 0 Å². The van der Waals surface area contributed by atoms with Crippen molar-refractivity contribution in [2.45, 2.75) is 51.0 Å². The van der Waals surface area contributed by atoms with Crippen molar-refractivity contribution in [2.24, 2.45) is 35.5 Å². The van der Waals surface area contributed by atoms with Gasteiger partial charge in [-0.15, -0.1) is 0 Å². The van der Waals surface area contributed by atoms with Crippen molar-refractivity contribution < 1.29 is 5.11 Å². The number of rotatable bonds is 0. The van der Waals surface area contributed by atoms with E-state index in [-0.39, 0.29) is 6.10 Å². The van der Waals surface area contributed by atoms with Crippen molar-refractivity contribution in [3.8, 4) is 0 Å². The lowest BCUT2D eigenvalue weighted by atomic mass is 9.85. The molecule has 17 heavy (non-hydrogen) atoms. The highest BCUT2D eigenvalue weighted by atomic mass is 16.3. The van der Waals surface area contributed by atoms with Gasteiger partial charge in [0.2, 0.25) is 0 Å². The molecule has 0 aromatic rings. The van der Waals surface area contributed by atoms with Crippen LogP contribution in [0.25, 0.3) is 0 Å². The van der Waals surface area contributed by atoms with Crippen molar-refractivity contribution in [2.75, 3.05) is 0 Å². The summed E-state index contributed by atoms with van der Waals surface area (Å²) in [7, 11) is 0. The van der Waals surface area contributed by atoms with Crippen LogP contribution < -0.4 is 0 Å². The van der Waals surface area contributed by atoms with E-state index in [1.165, 1.54) is 44.9 Å². The third kappa shape index (κ3) is 1.87. The third-order valence-electron chi connectivity index (χ3n) is 5.98. The minimum Gasteiger partial charge on any atom is -0.393 e. The van der Waals surface area contributed by atoms with Crippen LogP contribution in [0.4, 0.5) is 0 Å². The Morgan fingerprint density at radius 2 is 1.82 bits per heavy atom. The summed E-state index contributed by atoms with van der Waals surface area (Å²) in [6, 6.07) is 0. The molecule has 1 nitrogen and oxygen atoms in total. The minimum atomic E-state index is 0.0381. The number of hydrogen-bond acceptors (Lipinski definition) is 1. The van der Waals surface area contributed by atoms with Crippen LogP contribution in [0.3, 0.4) is 0 Å². The normalized spacial score (nSPS) is 58.3. The Labute approximate surface area is 104 Å². The van der Waals surface area contributed by atoms with E-state index in [9.17, 15) is 5.11 Å². The second-order valence-corrected chi connectivity index (χ2v) is 7.06. The second kappa shape index (κ2) is 3.85. The average Bonchev–Trinajstić information content (AvgIpc) is 3.19. The molecule has 7 unspecified atom stereocenters. The van der Waals surface area contributed by atoms with E-state index in [1.54, 1.807) is 0 Å². The molecule has 4 aliphatic rings. The maximum Gasteiger partial charge on any atom is 0.0602 e. The smallest absolute Gasteiger partial charge is 0.0602 e. The van der Waals surface area contributed by atoms with Gasteiger partial charge in [0.15, 0.2) is 0 Å². The number of aliphatic hydroxyl groups is 1. The molecule has 0 aromatic carbocycles. The summed E-state index contributed by atoms with van der Waals surface area (Å²) in [5.74, 6) is 4.87. The molecule has 0 aliphatic heterocycles. The van der Waals surface area contributed by atoms with Gasteiger partial charge in [-0.25, -0.2) is 0 Å². The molecule has 4 aliphatic carbocycles. The lowest BCUT2D eigenvalue weighted by Gasteiger charge is -2.24. The predicted octanol–water partition coefficient (Wildman–Crippen LogP) is 3.39. The predicted molar refractivity (Wildman–Crippen MR) is 68.4 cm³/mol. The zero-order chi connectivity index (χ0) is 11.4. The van der Waals surface area contributed by atoms with Gasteiger partial charge in [0.25, 0.3) is 0 Å². The number of fused-ring (bicyclic) bond motifs is 3. The maximum atomic E-state index is 10.6. The summed E-state index contributed by atoms with van der Waals surface area (Å²) >= 11 is 0. The highest BCUT2D eigenvalue weighted by Gasteiger charge is 2.50. The number of aliphatic hydroxyl groups excluding tert-OH is 1. The van der Waals surface area contributed by atoms with Gasteiger partial charge >= 0.3 is 0 Å². The first-order valence-electron chi connectivity index (χ1n) is 7.67. The molecule has 3 fully saturated rings. The summed E-state index contributed by atoms with van der Waals surface area (Å²) in [5.41, 5.74) is 0. The van der Waals surface area contributed by atoms with Crippen molar-refractivity contribution in [3.05, 3.63) is 12.2 Å². The van der Waals surface area contributed by atoms with E-state index in [4.69, 9.17) is 0 Å². The van der Waals surface area contributed by atoms with Crippen LogP contribution in [0.2, 0.25) is 0 Å². The van der Waals surface area contributed by atoms with Crippen molar-refractivity contribution >= 4 is 0 Å². The molecule has 0 bridgehead atoms. The fourth-order valence-corrected chi connectivity index (χ4v) is 4.68. The van der Waals surface area contributed by atoms with Crippen molar-refractivity contribution in [1.82, 2.24) is 0 Å². The number of hydrogen-bond donors (Lipinski definition) is 1. The zero-order valence-electron chi connectivity index (χ0n) is 10.6. The summed E-state index contributed by atoms with van der Waals surface area (Å²) in [4.78, 5) is 0. The Hall–Kier alpha value is -0.300. The SMILES string of the molecule is OC1C2CCCC2C/C=C\C2CC2CC2CC21. The molecule has 0 amide bonds. The van der Waals surface area contributed by atoms with Gasteiger partial charge in [-0.3, -0.25) is 0 Å². The van der Waals surface area contributed by atoms with Crippen molar-refractivity contribution in [3.63, 3.8) is 0 Å². The monoisotopic (exact) mass is 232 g/mol. The van der Waals surface area contributed by atoms with Gasteiger partial charge in [0.1, 0.15) is 0 Å². The van der Waals surface area contributed by atoms with Gasteiger partial charge < -0.3 is 5.11 Å². The van der Waals surface area contributed by atoms with Crippen LogP contribution in [0.1, 0.15) is 44.9 Å². The Balaban J connectivity index is 1.54. The average molecular weight is 232 g/mol. The minimum absolute atomic E-state index is 0.0381. The largest absolute Gasteiger partial charge is 0.393 e. The van der Waals surface area contributed by atoms with Gasteiger partial charge in [-0.2, -0.15) is 0 Å². The zero-order valence-corrected chi connectivity index (χ0v) is 10.6. The quantitative estimate of drug-likeness (QED) is 0.635. The Morgan fingerprint density at radius 3 is 2.76 bits per heavy atom. The first-order valence-corrected chi connectivity index (χ1v) is 7.67. The molecule has 1 heteroatoms. The Morgan fingerprint density at radius 1 is 0.882 bits per heavy atom. The molecule has 0 heterocycles. The van der Waals surface area contributed by atoms with Crippen LogP contribution in [-0.2, 0) is 0 Å². The molecule has 0 radical (unpaired) electrons. The highest BCUT2D eigenvalue weighted by molar-refractivity contribution is 5.08. The standard InChI is InChI=1S/C16H24O/c17-16-14-6-2-4-10(14)3-1-5-11-7-12(11)8-13-9-15(13)16/h1,5,10-17H,2-4,6-9H2/b5-1-.